The van der Waals surface area contributed by atoms with Crippen LogP contribution in [0.4, 0.5) is 0 Å². The number of nitrogens with one attached hydrogen (secondary N) is 1. The van der Waals surface area contributed by atoms with E-state index in [2.05, 4.69) is 10.4 Å². The molecule has 2 aromatic heterocycles. The predicted octanol–water partition coefficient (Wildman–Crippen LogP) is 3.61. The Bertz CT molecular complexity index is 988. The molecule has 0 aliphatic carbocycles. The molecule has 1 amide bonds. The van der Waals surface area contributed by atoms with Gasteiger partial charge >= 0.3 is 0 Å². The van der Waals surface area contributed by atoms with Gasteiger partial charge in [-0.25, -0.2) is 0 Å². The summed E-state index contributed by atoms with van der Waals surface area (Å²) in [5.41, 5.74) is 2.86. The third-order valence-electron chi connectivity index (χ3n) is 4.04. The fourth-order valence-electron chi connectivity index (χ4n) is 2.85. The van der Waals surface area contributed by atoms with Gasteiger partial charge in [0.05, 0.1) is 18.3 Å². The number of benzene rings is 2. The molecule has 0 saturated heterocycles. The first kappa shape index (κ1) is 15.2. The average molecular weight is 331 g/mol. The number of aromatic nitrogens is 2. The number of carbonyl (C=O) groups excluding carboxylic acids is 1. The molecule has 2 heterocycles. The molecule has 4 aromatic rings. The van der Waals surface area contributed by atoms with Gasteiger partial charge in [-0.1, -0.05) is 48.5 Å². The largest absolute Gasteiger partial charge is 0.467 e. The van der Waals surface area contributed by atoms with E-state index >= 15 is 0 Å². The molecule has 2 aromatic carbocycles. The van der Waals surface area contributed by atoms with Gasteiger partial charge in [-0.3, -0.25) is 9.48 Å². The van der Waals surface area contributed by atoms with Crippen LogP contribution in [0.5, 0.6) is 0 Å². The summed E-state index contributed by atoms with van der Waals surface area (Å²) in [6.45, 7) is 0.532. The van der Waals surface area contributed by atoms with E-state index in [4.69, 9.17) is 4.42 Å². The van der Waals surface area contributed by atoms with Crippen molar-refractivity contribution in [3.05, 3.63) is 78.8 Å². The van der Waals surface area contributed by atoms with E-state index in [1.807, 2.05) is 60.7 Å². The van der Waals surface area contributed by atoms with Gasteiger partial charge in [0.15, 0.2) is 0 Å². The number of carbonyl (C=O) groups is 1. The van der Waals surface area contributed by atoms with Crippen LogP contribution in [0.3, 0.4) is 0 Å². The number of hydrogen-bond acceptors (Lipinski definition) is 3. The Balaban J connectivity index is 1.60. The van der Waals surface area contributed by atoms with Crippen LogP contribution < -0.4 is 5.32 Å². The van der Waals surface area contributed by atoms with Crippen LogP contribution >= 0.6 is 0 Å². The van der Waals surface area contributed by atoms with Crippen LogP contribution in [-0.4, -0.2) is 15.7 Å². The van der Waals surface area contributed by atoms with Gasteiger partial charge in [0.1, 0.15) is 18.0 Å². The predicted molar refractivity (Wildman–Crippen MR) is 95.7 cm³/mol. The monoisotopic (exact) mass is 331 g/mol. The summed E-state index contributed by atoms with van der Waals surface area (Å²) in [6.07, 6.45) is 1.59. The molecular formula is C20H17N3O2. The molecule has 124 valence electrons. The van der Waals surface area contributed by atoms with Crippen LogP contribution in [-0.2, 0) is 17.9 Å². The van der Waals surface area contributed by atoms with Crippen LogP contribution in [0.1, 0.15) is 5.76 Å². The molecular weight excluding hydrogens is 314 g/mol. The SMILES string of the molecule is O=C(Cn1nc(-c2ccccc2)c2ccccc21)NCc1ccco1. The number of para-hydroxylation sites is 1. The van der Waals surface area contributed by atoms with E-state index in [-0.39, 0.29) is 12.5 Å². The number of furan rings is 1. The van der Waals surface area contributed by atoms with Crippen LogP contribution in [0.25, 0.3) is 22.2 Å². The summed E-state index contributed by atoms with van der Waals surface area (Å²) in [4.78, 5) is 12.3. The number of fused-ring (bicyclic) bond motifs is 1. The molecule has 5 nitrogen and oxygen atoms in total. The second-order valence-electron chi connectivity index (χ2n) is 5.75. The first-order valence-electron chi connectivity index (χ1n) is 8.11. The van der Waals surface area contributed by atoms with Gasteiger partial charge in [-0.2, -0.15) is 5.10 Å². The fraction of sp³-hybridized carbons (Fsp3) is 0.100. The summed E-state index contributed by atoms with van der Waals surface area (Å²) in [5, 5.41) is 8.57. The highest BCUT2D eigenvalue weighted by Crippen LogP contribution is 2.27. The zero-order valence-corrected chi connectivity index (χ0v) is 13.6. The van der Waals surface area contributed by atoms with E-state index in [1.54, 1.807) is 17.0 Å². The van der Waals surface area contributed by atoms with Crippen molar-refractivity contribution in [1.29, 1.82) is 0 Å². The minimum atomic E-state index is -0.107. The smallest absolute Gasteiger partial charge is 0.242 e. The van der Waals surface area contributed by atoms with Crippen molar-refractivity contribution < 1.29 is 9.21 Å². The standard InChI is InChI=1S/C20H17N3O2/c24-19(21-13-16-9-6-12-25-16)14-23-18-11-5-4-10-17(18)20(22-23)15-7-2-1-3-8-15/h1-12H,13-14H2,(H,21,24). The minimum absolute atomic E-state index is 0.107. The second-order valence-corrected chi connectivity index (χ2v) is 5.75. The van der Waals surface area contributed by atoms with Crippen LogP contribution in [0.15, 0.2) is 77.4 Å². The third-order valence-corrected chi connectivity index (χ3v) is 4.04. The maximum atomic E-state index is 12.3. The van der Waals surface area contributed by atoms with Crippen molar-refractivity contribution >= 4 is 16.8 Å². The Kier molecular flexibility index (Phi) is 4.04. The summed E-state index contributed by atoms with van der Waals surface area (Å²) >= 11 is 0. The first-order chi connectivity index (χ1) is 12.3. The Morgan fingerprint density at radius 3 is 2.60 bits per heavy atom. The first-order valence-corrected chi connectivity index (χ1v) is 8.11. The second kappa shape index (κ2) is 6.65. The molecule has 0 bridgehead atoms. The molecule has 0 saturated carbocycles. The minimum Gasteiger partial charge on any atom is -0.467 e. The highest BCUT2D eigenvalue weighted by Gasteiger charge is 2.14. The van der Waals surface area contributed by atoms with Crippen LogP contribution in [0.2, 0.25) is 0 Å². The molecule has 0 unspecified atom stereocenters. The van der Waals surface area contributed by atoms with Gasteiger partial charge in [-0.05, 0) is 18.2 Å². The van der Waals surface area contributed by atoms with Crippen molar-refractivity contribution in [2.24, 2.45) is 0 Å². The molecule has 0 radical (unpaired) electrons. The summed E-state index contributed by atoms with van der Waals surface area (Å²) in [5.74, 6) is 0.618. The van der Waals surface area contributed by atoms with E-state index < -0.39 is 0 Å². The van der Waals surface area contributed by atoms with Crippen molar-refractivity contribution in [3.63, 3.8) is 0 Å². The van der Waals surface area contributed by atoms with Gasteiger partial charge in [-0.15, -0.1) is 0 Å². The molecule has 0 aliphatic heterocycles. The van der Waals surface area contributed by atoms with E-state index in [0.29, 0.717) is 6.54 Å². The zero-order valence-electron chi connectivity index (χ0n) is 13.6. The lowest BCUT2D eigenvalue weighted by atomic mass is 10.1. The molecule has 0 aliphatic rings. The quantitative estimate of drug-likeness (QED) is 0.608. The molecule has 0 fully saturated rings. The number of rotatable bonds is 5. The molecule has 1 N–H and O–H groups in total. The van der Waals surface area contributed by atoms with Crippen molar-refractivity contribution in [2.45, 2.75) is 13.1 Å². The molecule has 25 heavy (non-hydrogen) atoms. The van der Waals surface area contributed by atoms with Crippen molar-refractivity contribution in [3.8, 4) is 11.3 Å². The summed E-state index contributed by atoms with van der Waals surface area (Å²) < 4.78 is 6.97. The summed E-state index contributed by atoms with van der Waals surface area (Å²) in [6, 6.07) is 21.6. The van der Waals surface area contributed by atoms with Crippen molar-refractivity contribution in [2.75, 3.05) is 0 Å². The maximum Gasteiger partial charge on any atom is 0.242 e. The third kappa shape index (κ3) is 3.17. The normalized spacial score (nSPS) is 10.9. The lowest BCUT2D eigenvalue weighted by Crippen LogP contribution is -2.27. The van der Waals surface area contributed by atoms with E-state index in [0.717, 1.165) is 27.9 Å². The number of amides is 1. The molecule has 0 spiro atoms. The average Bonchev–Trinajstić information content (AvgIpc) is 3.29. The zero-order chi connectivity index (χ0) is 17.1. The lowest BCUT2D eigenvalue weighted by Gasteiger charge is -2.04. The van der Waals surface area contributed by atoms with Gasteiger partial charge in [0, 0.05) is 10.9 Å². The maximum absolute atomic E-state index is 12.3. The Labute approximate surface area is 144 Å². The fourth-order valence-corrected chi connectivity index (χ4v) is 2.85. The Morgan fingerprint density at radius 1 is 1.00 bits per heavy atom. The number of nitrogens with zero attached hydrogens (tertiary/aromatic N) is 2. The van der Waals surface area contributed by atoms with Gasteiger partial charge in [0.2, 0.25) is 5.91 Å². The Morgan fingerprint density at radius 2 is 1.80 bits per heavy atom. The van der Waals surface area contributed by atoms with Gasteiger partial charge < -0.3 is 9.73 Å². The highest BCUT2D eigenvalue weighted by atomic mass is 16.3. The molecule has 0 atom stereocenters. The van der Waals surface area contributed by atoms with E-state index in [9.17, 15) is 4.79 Å². The van der Waals surface area contributed by atoms with Crippen molar-refractivity contribution in [1.82, 2.24) is 15.1 Å². The molecule has 4 rings (SSSR count). The Hall–Kier alpha value is -3.34. The van der Waals surface area contributed by atoms with Gasteiger partial charge in [0.25, 0.3) is 0 Å². The van der Waals surface area contributed by atoms with Crippen LogP contribution in [0, 0.1) is 0 Å². The summed E-state index contributed by atoms with van der Waals surface area (Å²) in [7, 11) is 0. The molecule has 5 heteroatoms. The number of hydrogen-bond donors (Lipinski definition) is 1. The topological polar surface area (TPSA) is 60.1 Å². The lowest BCUT2D eigenvalue weighted by molar-refractivity contribution is -0.122. The highest BCUT2D eigenvalue weighted by molar-refractivity contribution is 5.94. The van der Waals surface area contributed by atoms with E-state index in [1.165, 1.54) is 0 Å².